The zero-order chi connectivity index (χ0) is 37.4. The summed E-state index contributed by atoms with van der Waals surface area (Å²) in [6.45, 7) is 4.32. The van der Waals surface area contributed by atoms with Crippen LogP contribution in [0.3, 0.4) is 0 Å². The maximum absolute atomic E-state index is 13.5. The second kappa shape index (κ2) is 14.6. The Labute approximate surface area is 299 Å². The average Bonchev–Trinajstić information content (AvgIpc) is 3.54. The van der Waals surface area contributed by atoms with Crippen molar-refractivity contribution in [3.63, 3.8) is 0 Å². The molecule has 3 aliphatic rings. The van der Waals surface area contributed by atoms with E-state index in [2.05, 4.69) is 19.7 Å². The number of oxime groups is 1. The van der Waals surface area contributed by atoms with Crippen molar-refractivity contribution in [3.8, 4) is 5.75 Å². The molecule has 1 saturated heterocycles. The summed E-state index contributed by atoms with van der Waals surface area (Å²) in [6.07, 6.45) is 3.54. The van der Waals surface area contributed by atoms with Gasteiger partial charge in [-0.05, 0) is 83.1 Å². The predicted molar refractivity (Wildman–Crippen MR) is 186 cm³/mol. The summed E-state index contributed by atoms with van der Waals surface area (Å²) < 4.78 is 47.7. The zero-order valence-electron chi connectivity index (χ0n) is 28.7. The Morgan fingerprint density at radius 3 is 2.55 bits per heavy atom. The van der Waals surface area contributed by atoms with Gasteiger partial charge in [0, 0.05) is 24.6 Å². The number of hydrogen-bond acceptors (Lipinski definition) is 15. The fourth-order valence-electron chi connectivity index (χ4n) is 6.36. The number of β-lactam (4-membered cyclic amide) rings is 1. The smallest absolute Gasteiger partial charge is 0.418 e. The number of nitrogens with one attached hydrogen (secondary N) is 1. The molecular weight excluding hydrogens is 709 g/mol. The molecule has 0 unspecified atom stereocenters. The lowest BCUT2D eigenvalue weighted by atomic mass is 9.82. The first-order valence-electron chi connectivity index (χ1n) is 16.2. The van der Waals surface area contributed by atoms with Gasteiger partial charge in [0.05, 0.1) is 23.8 Å². The van der Waals surface area contributed by atoms with Crippen molar-refractivity contribution < 1.29 is 46.3 Å². The van der Waals surface area contributed by atoms with E-state index in [4.69, 9.17) is 41.1 Å². The number of hydrogen-bond donors (Lipinski definition) is 6. The molecule has 0 spiro atoms. The molecule has 20 heteroatoms. The average molecular weight is 753 g/mol. The van der Waals surface area contributed by atoms with Crippen molar-refractivity contribution in [2.24, 2.45) is 21.6 Å². The Kier molecular flexibility index (Phi) is 11.0. The van der Waals surface area contributed by atoms with E-state index in [1.165, 1.54) is 19.2 Å². The van der Waals surface area contributed by atoms with Gasteiger partial charge in [-0.3, -0.25) is 19.1 Å². The van der Waals surface area contributed by atoms with Crippen molar-refractivity contribution in [2.45, 2.75) is 94.2 Å². The van der Waals surface area contributed by atoms with Gasteiger partial charge in [0.2, 0.25) is 0 Å². The van der Waals surface area contributed by atoms with Crippen LogP contribution in [-0.2, 0) is 40.3 Å². The number of aromatic nitrogens is 1. The Bertz CT molecular complexity index is 1800. The number of aliphatic hydroxyl groups excluding tert-OH is 1. The summed E-state index contributed by atoms with van der Waals surface area (Å²) in [5.74, 6) is -0.858. The van der Waals surface area contributed by atoms with Crippen molar-refractivity contribution in [1.29, 1.82) is 0 Å². The van der Waals surface area contributed by atoms with Gasteiger partial charge in [-0.25, -0.2) is 4.98 Å². The molecule has 1 aliphatic carbocycles. The van der Waals surface area contributed by atoms with Crippen LogP contribution in [0.2, 0.25) is 0 Å². The summed E-state index contributed by atoms with van der Waals surface area (Å²) in [7, 11) is -3.31. The molecule has 0 bridgehead atoms. The predicted octanol–water partition coefficient (Wildman–Crippen LogP) is 0.423. The highest BCUT2D eigenvalue weighted by Gasteiger charge is 2.58. The minimum atomic E-state index is -5.00. The van der Waals surface area contributed by atoms with E-state index in [-0.39, 0.29) is 28.2 Å². The second-order valence-corrected chi connectivity index (χ2v) is 15.5. The highest BCUT2D eigenvalue weighted by Crippen LogP contribution is 2.36. The number of nitrogens with zero attached hydrogens (tertiary/aromatic N) is 4. The molecule has 0 radical (unpaired) electrons. The third-order valence-electron chi connectivity index (χ3n) is 9.74. The number of rotatable bonds is 13. The van der Waals surface area contributed by atoms with Gasteiger partial charge < -0.3 is 41.9 Å². The topological polar surface area (TPSA) is 277 Å². The Hall–Kier alpha value is -3.92. The maximum atomic E-state index is 13.5. The van der Waals surface area contributed by atoms with Gasteiger partial charge in [0.15, 0.2) is 16.4 Å². The number of carbonyl (C=O) groups is 2. The molecule has 2 aliphatic heterocycles. The third kappa shape index (κ3) is 8.11. The normalized spacial score (nSPS) is 26.4. The van der Waals surface area contributed by atoms with Crippen LogP contribution in [0.15, 0.2) is 33.7 Å². The van der Waals surface area contributed by atoms with Crippen molar-refractivity contribution >= 4 is 50.2 Å². The highest BCUT2D eigenvalue weighted by molar-refractivity contribution is 7.80. The van der Waals surface area contributed by atoms with Crippen molar-refractivity contribution in [1.82, 2.24) is 15.4 Å². The summed E-state index contributed by atoms with van der Waals surface area (Å²) >= 11 is 1.03. The van der Waals surface area contributed by atoms with Crippen LogP contribution in [0.1, 0.15) is 69.7 Å². The van der Waals surface area contributed by atoms with Gasteiger partial charge in [0.25, 0.3) is 11.8 Å². The fraction of sp³-hybridized carbons (Fsp3) is 0.581. The van der Waals surface area contributed by atoms with Crippen LogP contribution in [0.4, 0.5) is 5.13 Å². The number of amides is 2. The monoisotopic (exact) mass is 752 g/mol. The van der Waals surface area contributed by atoms with Crippen LogP contribution in [0, 0.1) is 0 Å². The van der Waals surface area contributed by atoms with Crippen molar-refractivity contribution in [3.05, 3.63) is 40.4 Å². The van der Waals surface area contributed by atoms with Crippen LogP contribution in [0.25, 0.3) is 0 Å². The number of carbonyl (C=O) groups excluding carboxylic acids is 2. The van der Waals surface area contributed by atoms with Gasteiger partial charge >= 0.3 is 10.4 Å². The van der Waals surface area contributed by atoms with Crippen LogP contribution in [0.5, 0.6) is 5.75 Å². The van der Waals surface area contributed by atoms with E-state index >= 15 is 0 Å². The number of ether oxygens (including phenoxy) is 2. The van der Waals surface area contributed by atoms with Crippen LogP contribution in [-0.4, -0.2) is 107 Å². The number of benzene rings is 1. The molecule has 51 heavy (non-hydrogen) atoms. The molecule has 1 aromatic carbocycles. The number of aryl methyl sites for hydroxylation is 1. The van der Waals surface area contributed by atoms with E-state index in [0.717, 1.165) is 48.1 Å². The Balaban J connectivity index is 1.29. The molecule has 1 saturated carbocycles. The summed E-state index contributed by atoms with van der Waals surface area (Å²) in [4.78, 5) is 40.9. The third-order valence-corrected chi connectivity index (χ3v) is 10.7. The molecule has 18 nitrogen and oxygen atoms in total. The molecule has 5 rings (SSSR count). The Morgan fingerprint density at radius 1 is 1.27 bits per heavy atom. The van der Waals surface area contributed by atoms with Gasteiger partial charge in [0.1, 0.15) is 29.4 Å². The number of methoxy groups -OCH3 is 1. The number of hydroxylamine groups is 2. The molecule has 3 atom stereocenters. The highest BCUT2D eigenvalue weighted by atomic mass is 32.3. The number of aliphatic imine (C=N–C) groups is 1. The Morgan fingerprint density at radius 2 is 1.98 bits per heavy atom. The first-order chi connectivity index (χ1) is 23.9. The zero-order valence-corrected chi connectivity index (χ0v) is 30.3. The van der Waals surface area contributed by atoms with Crippen LogP contribution < -0.4 is 27.3 Å². The molecule has 9 N–H and O–H groups in total. The number of thiazole rings is 1. The van der Waals surface area contributed by atoms with Gasteiger partial charge in [-0.2, -0.15) is 13.5 Å². The quantitative estimate of drug-likeness (QED) is 0.0532. The molecular formula is C31H44N8O10S2. The second-order valence-electron chi connectivity index (χ2n) is 13.6. The van der Waals surface area contributed by atoms with Gasteiger partial charge in [-0.1, -0.05) is 5.16 Å². The fourth-order valence-corrected chi connectivity index (χ4v) is 7.36. The minimum absolute atomic E-state index is 0.0261. The lowest BCUT2D eigenvalue weighted by Gasteiger charge is -2.50. The maximum Gasteiger partial charge on any atom is 0.418 e. The summed E-state index contributed by atoms with van der Waals surface area (Å²) in [5.41, 5.74) is 16.3. The van der Waals surface area contributed by atoms with Gasteiger partial charge in [-0.15, -0.1) is 15.6 Å². The summed E-state index contributed by atoms with van der Waals surface area (Å²) in [6, 6.07) is 4.34. The largest absolute Gasteiger partial charge is 0.486 e. The molecule has 3 heterocycles. The molecule has 2 amide bonds. The van der Waals surface area contributed by atoms with E-state index in [9.17, 15) is 23.1 Å². The number of nitrogens with two attached hydrogens (primary N) is 3. The lowest BCUT2D eigenvalue weighted by molar-refractivity contribution is -0.218. The van der Waals surface area contributed by atoms with Crippen molar-refractivity contribution in [2.75, 3.05) is 26.0 Å². The first-order valence-corrected chi connectivity index (χ1v) is 18.5. The molecule has 1 aromatic heterocycles. The first kappa shape index (κ1) is 38.3. The van der Waals surface area contributed by atoms with E-state index in [1.54, 1.807) is 20.1 Å². The molecule has 280 valence electrons. The number of aliphatic hydroxyl groups is 1. The minimum Gasteiger partial charge on any atom is -0.486 e. The molecule has 2 aromatic rings. The van der Waals surface area contributed by atoms with E-state index in [0.29, 0.717) is 36.0 Å². The number of anilines is 1. The van der Waals surface area contributed by atoms with E-state index < -0.39 is 52.1 Å². The standard InChI is InChI=1S/C31H44N8O10S2/c1-29(2)24(27(42)39(29)49-51(43,44)45)37-26(41)23(20-14-50-28(34)36-20)38-48-30(3,16-40)22-8-6-17-13-18(5-7-21(17)47-22)25(33)35-19-9-11-31(15-32,46-4)12-10-19/h5,7,13-14,19,22,24,40H,6,8-12,15-16,32H2,1-4H3,(H2,33,35)(H2,34,36)(H,37,41)(H,43,44,45)/b38-23-/t19?,22-,24-,30-,31?/m1/s1. The van der Waals surface area contributed by atoms with Crippen LogP contribution >= 0.6 is 11.3 Å². The lowest BCUT2D eigenvalue weighted by Crippen LogP contribution is -2.76. The van der Waals surface area contributed by atoms with E-state index in [1.807, 2.05) is 12.1 Å². The SMILES string of the molecule is COC1(CN)CCC(N=C(N)c2ccc3c(c2)CC[C@H]([C@@](C)(CO)O/N=C(\C(=O)N[C@@H]2C(=O)N(OS(=O)(=O)O)C2(C)C)c2csc(N)n2)O3)CC1. The summed E-state index contributed by atoms with van der Waals surface area (Å²) in [5, 5.41) is 19.0. The number of amidine groups is 1. The molecule has 2 fully saturated rings. The number of nitrogen functional groups attached to an aromatic ring is 1. The number of fused-ring (bicyclic) bond motifs is 1.